The van der Waals surface area contributed by atoms with E-state index >= 15 is 4.39 Å². The van der Waals surface area contributed by atoms with E-state index in [1.807, 2.05) is 20.8 Å². The second-order valence-corrected chi connectivity index (χ2v) is 10.3. The molecule has 5 N–H and O–H groups in total. The predicted octanol–water partition coefficient (Wildman–Crippen LogP) is 6.04. The van der Waals surface area contributed by atoms with E-state index in [1.54, 1.807) is 6.92 Å². The van der Waals surface area contributed by atoms with Crippen molar-refractivity contribution in [2.24, 2.45) is 40.9 Å². The van der Waals surface area contributed by atoms with Crippen molar-refractivity contribution in [3.63, 3.8) is 0 Å². The summed E-state index contributed by atoms with van der Waals surface area (Å²) >= 11 is 0. The Morgan fingerprint density at radius 1 is 0.903 bits per heavy atom. The summed E-state index contributed by atoms with van der Waals surface area (Å²) < 4.78 is 55.4. The van der Waals surface area contributed by atoms with Crippen molar-refractivity contribution < 1.29 is 27.9 Å². The maximum Gasteiger partial charge on any atom is 0.432 e. The van der Waals surface area contributed by atoms with Crippen LogP contribution in [-0.4, -0.2) is 33.5 Å². The Labute approximate surface area is 183 Å². The van der Waals surface area contributed by atoms with Gasteiger partial charge in [-0.25, -0.2) is 10.3 Å². The lowest BCUT2D eigenvalue weighted by atomic mass is 9.48. The van der Waals surface area contributed by atoms with Crippen LogP contribution in [0.15, 0.2) is 0 Å². The van der Waals surface area contributed by atoms with Crippen molar-refractivity contribution in [1.29, 1.82) is 5.41 Å². The maximum absolute atomic E-state index is 15.7. The number of hydrogen-bond acceptors (Lipinski definition) is 4. The molecule has 4 aliphatic rings. The number of halogens is 4. The monoisotopic (exact) mass is 452 g/mol. The van der Waals surface area contributed by atoms with Crippen LogP contribution in [0.3, 0.4) is 0 Å². The average molecular weight is 453 g/mol. The minimum Gasteiger partial charge on any atom is -0.390 e. The van der Waals surface area contributed by atoms with Crippen LogP contribution in [0.25, 0.3) is 0 Å². The lowest BCUT2D eigenvalue weighted by Gasteiger charge is -2.57. The Hall–Kier alpha value is -0.730. The first kappa shape index (κ1) is 26.5. The molecule has 182 valence electrons. The molecule has 4 fully saturated rings. The number of nitrogens with two attached hydrogens (primary N) is 1. The molecule has 0 aromatic rings. The van der Waals surface area contributed by atoms with Crippen LogP contribution in [0.1, 0.15) is 85.5 Å². The van der Waals surface area contributed by atoms with Crippen molar-refractivity contribution in [2.45, 2.75) is 103 Å². The van der Waals surface area contributed by atoms with E-state index in [4.69, 9.17) is 10.6 Å². The van der Waals surface area contributed by atoms with Crippen LogP contribution in [-0.2, 0) is 0 Å². The Balaban J connectivity index is 0.000000807. The highest BCUT2D eigenvalue weighted by atomic mass is 19.4. The highest BCUT2D eigenvalue weighted by Crippen LogP contribution is 2.67. The third-order valence-electron chi connectivity index (χ3n) is 9.01. The Morgan fingerprint density at radius 3 is 2.06 bits per heavy atom. The number of fused-ring (bicyclic) bond motifs is 5. The van der Waals surface area contributed by atoms with Crippen LogP contribution in [0.2, 0.25) is 0 Å². The zero-order valence-corrected chi connectivity index (χ0v) is 19.2. The van der Waals surface area contributed by atoms with Gasteiger partial charge in [0.25, 0.3) is 0 Å². The van der Waals surface area contributed by atoms with Crippen molar-refractivity contribution in [1.82, 2.24) is 0 Å². The van der Waals surface area contributed by atoms with Crippen molar-refractivity contribution in [3.8, 4) is 0 Å². The molecular weight excluding hydrogens is 412 g/mol. The van der Waals surface area contributed by atoms with Gasteiger partial charge < -0.3 is 10.3 Å². The zero-order valence-electron chi connectivity index (χ0n) is 19.2. The average Bonchev–Trinajstić information content (AvgIpc) is 3.00. The summed E-state index contributed by atoms with van der Waals surface area (Å²) in [7, 11) is 0. The van der Waals surface area contributed by atoms with Gasteiger partial charge in [0.1, 0.15) is 0 Å². The van der Waals surface area contributed by atoms with Gasteiger partial charge in [-0.15, -0.1) is 0 Å². The van der Waals surface area contributed by atoms with Gasteiger partial charge in [-0.1, -0.05) is 20.8 Å². The highest BCUT2D eigenvalue weighted by molar-refractivity contribution is 5.95. The van der Waals surface area contributed by atoms with Crippen LogP contribution in [0.4, 0.5) is 17.6 Å². The first-order chi connectivity index (χ1) is 14.4. The maximum atomic E-state index is 15.7. The fraction of sp³-hybridized carbons (Fsp3) is 0.957. The standard InChI is InChI=1S/C21H31F4NO.C2H6.H3NO/c1-18(27)8-5-13-12(11-18)3-4-15-14(13)6-9-19(2)16(15)7-10-20(19,22)17(26)21(23,24)25;2*1-2/h12-16,26-27H,3-11H2,1-2H3;1-2H3;2H,1H2/t12?,13?,14?,15?,16?,18-,19?,20?;;/m1../s1. The SMILES string of the molecule is CC.CC12CCC3C4CC[C@@](C)(O)CC4CCC3C1CCC2(F)C(=N)C(F)(F)F.NO. The van der Waals surface area contributed by atoms with Crippen LogP contribution in [0.5, 0.6) is 0 Å². The van der Waals surface area contributed by atoms with Crippen LogP contribution >= 0.6 is 0 Å². The highest BCUT2D eigenvalue weighted by Gasteiger charge is 2.68. The normalized spacial score (nSPS) is 46.2. The van der Waals surface area contributed by atoms with Gasteiger partial charge in [0, 0.05) is 5.41 Å². The van der Waals surface area contributed by atoms with E-state index in [9.17, 15) is 18.3 Å². The molecule has 8 atom stereocenters. The fourth-order valence-electron chi connectivity index (χ4n) is 7.70. The van der Waals surface area contributed by atoms with Crippen molar-refractivity contribution in [2.75, 3.05) is 0 Å². The first-order valence-electron chi connectivity index (χ1n) is 11.7. The second-order valence-electron chi connectivity index (χ2n) is 10.3. The van der Waals surface area contributed by atoms with E-state index in [0.29, 0.717) is 30.6 Å². The van der Waals surface area contributed by atoms with Crippen LogP contribution < -0.4 is 5.90 Å². The molecule has 4 rings (SSSR count). The summed E-state index contributed by atoms with van der Waals surface area (Å²) in [6.45, 7) is 7.59. The number of hydrogen-bond donors (Lipinski definition) is 4. The molecular formula is C23H40F4N2O2. The van der Waals surface area contributed by atoms with E-state index in [1.165, 1.54) is 0 Å². The summed E-state index contributed by atoms with van der Waals surface area (Å²) in [6.07, 6.45) is 1.09. The molecule has 4 nitrogen and oxygen atoms in total. The summed E-state index contributed by atoms with van der Waals surface area (Å²) in [5.41, 5.74) is -5.89. The van der Waals surface area contributed by atoms with Crippen molar-refractivity contribution in [3.05, 3.63) is 0 Å². The molecule has 7 unspecified atom stereocenters. The van der Waals surface area contributed by atoms with E-state index in [2.05, 4.69) is 5.90 Å². The molecule has 0 radical (unpaired) electrons. The third-order valence-corrected chi connectivity index (χ3v) is 9.01. The topological polar surface area (TPSA) is 90.3 Å². The van der Waals surface area contributed by atoms with E-state index in [0.717, 1.165) is 38.5 Å². The number of rotatable bonds is 1. The largest absolute Gasteiger partial charge is 0.432 e. The zero-order chi connectivity index (χ0) is 23.8. The quantitative estimate of drug-likeness (QED) is 0.222. The van der Waals surface area contributed by atoms with Gasteiger partial charge in [0.15, 0.2) is 11.4 Å². The molecule has 0 saturated heterocycles. The molecule has 0 amide bonds. The van der Waals surface area contributed by atoms with Gasteiger partial charge in [0.2, 0.25) is 0 Å². The van der Waals surface area contributed by atoms with Gasteiger partial charge in [-0.05, 0) is 94.3 Å². The molecule has 0 spiro atoms. The summed E-state index contributed by atoms with van der Waals surface area (Å²) in [6, 6.07) is 0. The number of aliphatic hydroxyl groups is 1. The Kier molecular flexibility index (Phi) is 7.92. The molecule has 4 saturated carbocycles. The second kappa shape index (κ2) is 9.26. The molecule has 0 aliphatic heterocycles. The predicted molar refractivity (Wildman–Crippen MR) is 113 cm³/mol. The number of alkyl halides is 4. The van der Waals surface area contributed by atoms with Gasteiger partial charge in [-0.2, -0.15) is 13.2 Å². The summed E-state index contributed by atoms with van der Waals surface area (Å²) in [5, 5.41) is 24.5. The van der Waals surface area contributed by atoms with E-state index < -0.39 is 28.6 Å². The molecule has 31 heavy (non-hydrogen) atoms. The molecule has 8 heteroatoms. The van der Waals surface area contributed by atoms with Gasteiger partial charge in [-0.3, -0.25) is 5.41 Å². The third kappa shape index (κ3) is 4.41. The lowest BCUT2D eigenvalue weighted by molar-refractivity contribution is -0.116. The van der Waals surface area contributed by atoms with Crippen LogP contribution in [0, 0.1) is 40.4 Å². The van der Waals surface area contributed by atoms with E-state index in [-0.39, 0.29) is 18.3 Å². The van der Waals surface area contributed by atoms with Gasteiger partial charge >= 0.3 is 6.18 Å². The molecule has 0 bridgehead atoms. The Morgan fingerprint density at radius 2 is 1.48 bits per heavy atom. The number of nitrogens with one attached hydrogen (secondary N) is 1. The Bertz CT molecular complexity index is 642. The molecule has 0 aromatic carbocycles. The fourth-order valence-corrected chi connectivity index (χ4v) is 7.70. The minimum atomic E-state index is -4.89. The minimum absolute atomic E-state index is 0.0627. The first-order valence-corrected chi connectivity index (χ1v) is 11.7. The molecule has 0 heterocycles. The van der Waals surface area contributed by atoms with Crippen molar-refractivity contribution >= 4 is 5.71 Å². The smallest absolute Gasteiger partial charge is 0.390 e. The summed E-state index contributed by atoms with van der Waals surface area (Å²) in [5.74, 6) is 5.16. The summed E-state index contributed by atoms with van der Waals surface area (Å²) in [4.78, 5) is 0. The molecule has 4 aliphatic carbocycles. The lowest BCUT2D eigenvalue weighted by Crippen LogP contribution is -2.57. The van der Waals surface area contributed by atoms with Gasteiger partial charge in [0.05, 0.1) is 5.60 Å². The molecule has 0 aromatic heterocycles.